The number of imide groups is 1. The number of amides is 2. The maximum Gasteiger partial charge on any atom is 0.233 e. The van der Waals surface area contributed by atoms with Gasteiger partial charge in [0.2, 0.25) is 23.3 Å². The van der Waals surface area contributed by atoms with Gasteiger partial charge in [0.05, 0.1) is 47.4 Å². The largest absolute Gasteiger partial charge is 0.502 e. The Morgan fingerprint density at radius 1 is 0.610 bits per heavy atom. The molecule has 0 aliphatic carbocycles. The third-order valence-corrected chi connectivity index (χ3v) is 7.43. The number of hydrogen-bond donors (Lipinski definition) is 2. The fourth-order valence-electron chi connectivity index (χ4n) is 5.20. The lowest BCUT2D eigenvalue weighted by molar-refractivity contribution is -0.139. The average Bonchev–Trinajstić information content (AvgIpc) is 3.20. The van der Waals surface area contributed by atoms with E-state index in [1.54, 1.807) is 31.4 Å². The predicted molar refractivity (Wildman–Crippen MR) is 150 cm³/mol. The Bertz CT molecular complexity index is 1270. The van der Waals surface area contributed by atoms with Crippen molar-refractivity contribution in [3.8, 4) is 40.2 Å². The highest BCUT2D eigenvalue weighted by Crippen LogP contribution is 2.42. The van der Waals surface area contributed by atoms with Crippen molar-refractivity contribution < 1.29 is 43.5 Å². The Kier molecular flexibility index (Phi) is 9.11. The molecule has 0 saturated carbocycles. The summed E-state index contributed by atoms with van der Waals surface area (Å²) in [5.74, 6) is -0.687. The summed E-state index contributed by atoms with van der Waals surface area (Å²) < 4.78 is 26.4. The third kappa shape index (κ3) is 6.11. The van der Waals surface area contributed by atoms with Crippen LogP contribution in [0.1, 0.15) is 16.7 Å². The molecule has 4 rings (SSSR count). The quantitative estimate of drug-likeness (QED) is 0.316. The van der Waals surface area contributed by atoms with E-state index in [2.05, 4.69) is 0 Å². The lowest BCUT2D eigenvalue weighted by atomic mass is 9.84. The minimum atomic E-state index is -0.692. The van der Waals surface area contributed by atoms with Gasteiger partial charge in [-0.05, 0) is 72.4 Å². The standard InChI is InChI=1S/C31H35NO9/c1-37-21-8-6-18(7-9-21)10-11-32-30(35)22(12-19-14-24(38-2)28(33)25(15-19)39-3)23(31(32)36)13-20-16-26(40-4)29(34)27(17-20)41-5/h6-9,14-17,22-23,33-34H,10-13H2,1-5H3/t22-,23-/m1/s1. The lowest BCUT2D eigenvalue weighted by Crippen LogP contribution is -2.33. The third-order valence-electron chi connectivity index (χ3n) is 7.43. The number of ether oxygens (including phenoxy) is 5. The molecule has 1 aliphatic rings. The zero-order valence-electron chi connectivity index (χ0n) is 23.8. The van der Waals surface area contributed by atoms with E-state index in [0.717, 1.165) is 11.3 Å². The molecular formula is C31H35NO9. The topological polar surface area (TPSA) is 124 Å². The van der Waals surface area contributed by atoms with Crippen LogP contribution in [0.4, 0.5) is 0 Å². The molecule has 218 valence electrons. The van der Waals surface area contributed by atoms with Crippen LogP contribution in [0.15, 0.2) is 48.5 Å². The summed E-state index contributed by atoms with van der Waals surface area (Å²) in [5.41, 5.74) is 2.31. The van der Waals surface area contributed by atoms with Crippen LogP contribution in [0, 0.1) is 11.8 Å². The number of rotatable bonds is 12. The Labute approximate surface area is 239 Å². The van der Waals surface area contributed by atoms with Gasteiger partial charge in [0.15, 0.2) is 23.0 Å². The molecule has 1 aliphatic heterocycles. The highest BCUT2D eigenvalue weighted by Gasteiger charge is 2.47. The van der Waals surface area contributed by atoms with Crippen molar-refractivity contribution in [2.45, 2.75) is 19.3 Å². The maximum atomic E-state index is 13.8. The number of carbonyl (C=O) groups is 2. The second-order valence-electron chi connectivity index (χ2n) is 9.75. The molecule has 0 bridgehead atoms. The smallest absolute Gasteiger partial charge is 0.233 e. The summed E-state index contributed by atoms with van der Waals surface area (Å²) in [4.78, 5) is 28.9. The van der Waals surface area contributed by atoms with Crippen molar-refractivity contribution in [3.63, 3.8) is 0 Å². The number of hydrogen-bond acceptors (Lipinski definition) is 9. The molecule has 3 aromatic carbocycles. The molecule has 0 aromatic heterocycles. The van der Waals surface area contributed by atoms with Gasteiger partial charge >= 0.3 is 0 Å². The summed E-state index contributed by atoms with van der Waals surface area (Å²) in [6.45, 7) is 0.224. The molecule has 0 spiro atoms. The van der Waals surface area contributed by atoms with Gasteiger partial charge in [0.25, 0.3) is 0 Å². The summed E-state index contributed by atoms with van der Waals surface area (Å²) in [6.07, 6.45) is 0.921. The van der Waals surface area contributed by atoms with E-state index in [1.165, 1.54) is 33.3 Å². The first-order valence-electron chi connectivity index (χ1n) is 13.1. The van der Waals surface area contributed by atoms with Gasteiger partial charge in [-0.15, -0.1) is 0 Å². The highest BCUT2D eigenvalue weighted by atomic mass is 16.5. The molecule has 1 saturated heterocycles. The van der Waals surface area contributed by atoms with Crippen molar-refractivity contribution >= 4 is 11.8 Å². The number of phenols is 2. The Morgan fingerprint density at radius 2 is 1.00 bits per heavy atom. The number of nitrogens with zero attached hydrogens (tertiary/aromatic N) is 1. The number of phenolic OH excluding ortho intramolecular Hbond substituents is 2. The first-order chi connectivity index (χ1) is 19.7. The van der Waals surface area contributed by atoms with Gasteiger partial charge in [-0.3, -0.25) is 14.5 Å². The van der Waals surface area contributed by atoms with Crippen molar-refractivity contribution in [2.24, 2.45) is 11.8 Å². The number of benzene rings is 3. The van der Waals surface area contributed by atoms with Gasteiger partial charge in [-0.1, -0.05) is 12.1 Å². The molecule has 0 unspecified atom stereocenters. The molecule has 0 radical (unpaired) electrons. The number of aromatic hydroxyl groups is 2. The minimum absolute atomic E-state index is 0.145. The molecule has 10 nitrogen and oxygen atoms in total. The van der Waals surface area contributed by atoms with Crippen molar-refractivity contribution in [1.82, 2.24) is 4.90 Å². The van der Waals surface area contributed by atoms with E-state index in [4.69, 9.17) is 23.7 Å². The van der Waals surface area contributed by atoms with Crippen molar-refractivity contribution in [2.75, 3.05) is 42.1 Å². The fraction of sp³-hybridized carbons (Fsp3) is 0.355. The Hall–Kier alpha value is -4.60. The average molecular weight is 566 g/mol. The van der Waals surface area contributed by atoms with Crippen LogP contribution in [0.5, 0.6) is 40.2 Å². The summed E-state index contributed by atoms with van der Waals surface area (Å²) in [7, 11) is 7.31. The molecule has 1 heterocycles. The number of likely N-dealkylation sites (tertiary alicyclic amines) is 1. The lowest BCUT2D eigenvalue weighted by Gasteiger charge is -2.18. The van der Waals surface area contributed by atoms with Gasteiger partial charge in [-0.25, -0.2) is 0 Å². The van der Waals surface area contributed by atoms with Gasteiger partial charge in [0.1, 0.15) is 5.75 Å². The number of methoxy groups -OCH3 is 5. The van der Waals surface area contributed by atoms with Crippen LogP contribution >= 0.6 is 0 Å². The van der Waals surface area contributed by atoms with E-state index in [0.29, 0.717) is 17.5 Å². The summed E-state index contributed by atoms with van der Waals surface area (Å²) in [6, 6.07) is 14.0. The van der Waals surface area contributed by atoms with Gasteiger partial charge < -0.3 is 33.9 Å². The molecule has 2 N–H and O–H groups in total. The van der Waals surface area contributed by atoms with Crippen molar-refractivity contribution in [3.05, 3.63) is 65.2 Å². The second-order valence-corrected chi connectivity index (χ2v) is 9.75. The zero-order valence-corrected chi connectivity index (χ0v) is 23.8. The van der Waals surface area contributed by atoms with Gasteiger partial charge in [0, 0.05) is 6.54 Å². The fourth-order valence-corrected chi connectivity index (χ4v) is 5.20. The molecular weight excluding hydrogens is 530 g/mol. The molecule has 1 fully saturated rings. The highest BCUT2D eigenvalue weighted by molar-refractivity contribution is 6.05. The van der Waals surface area contributed by atoms with E-state index >= 15 is 0 Å². The van der Waals surface area contributed by atoms with E-state index in [9.17, 15) is 19.8 Å². The van der Waals surface area contributed by atoms with Crippen molar-refractivity contribution in [1.29, 1.82) is 0 Å². The van der Waals surface area contributed by atoms with Crippen LogP contribution in [0.25, 0.3) is 0 Å². The monoisotopic (exact) mass is 565 g/mol. The molecule has 2 amide bonds. The first-order valence-corrected chi connectivity index (χ1v) is 13.1. The Morgan fingerprint density at radius 3 is 1.34 bits per heavy atom. The SMILES string of the molecule is COc1ccc(CCN2C(=O)[C@H](Cc3cc(OC)c(O)c(OC)c3)[C@@H](Cc3cc(OC)c(O)c(OC)c3)C2=O)cc1. The van der Waals surface area contributed by atoms with Crippen LogP contribution in [0.2, 0.25) is 0 Å². The van der Waals surface area contributed by atoms with E-state index in [1.807, 2.05) is 24.3 Å². The first kappa shape index (κ1) is 29.4. The van der Waals surface area contributed by atoms with Crippen LogP contribution in [-0.2, 0) is 28.9 Å². The summed E-state index contributed by atoms with van der Waals surface area (Å²) >= 11 is 0. The van der Waals surface area contributed by atoms with Crippen LogP contribution < -0.4 is 23.7 Å². The van der Waals surface area contributed by atoms with Gasteiger partial charge in [-0.2, -0.15) is 0 Å². The molecule has 10 heteroatoms. The number of carbonyl (C=O) groups excluding carboxylic acids is 2. The Balaban J connectivity index is 1.67. The normalized spacial score (nSPS) is 16.6. The second kappa shape index (κ2) is 12.7. The zero-order chi connectivity index (χ0) is 29.7. The summed E-state index contributed by atoms with van der Waals surface area (Å²) in [5, 5.41) is 20.7. The van der Waals surface area contributed by atoms with Crippen LogP contribution in [-0.4, -0.2) is 69.0 Å². The molecule has 3 aromatic rings. The maximum absolute atomic E-state index is 13.8. The van der Waals surface area contributed by atoms with E-state index < -0.39 is 11.8 Å². The van der Waals surface area contributed by atoms with Crippen LogP contribution in [0.3, 0.4) is 0 Å². The minimum Gasteiger partial charge on any atom is -0.502 e. The predicted octanol–water partition coefficient (Wildman–Crippen LogP) is 3.77. The molecule has 41 heavy (non-hydrogen) atoms. The molecule has 2 atom stereocenters. The van der Waals surface area contributed by atoms with E-state index in [-0.39, 0.29) is 65.7 Å².